The molecule has 0 aliphatic rings. The molecule has 1 unspecified atom stereocenters. The summed E-state index contributed by atoms with van der Waals surface area (Å²) in [5.74, 6) is -0.0458. The zero-order valence-electron chi connectivity index (χ0n) is 19.6. The summed E-state index contributed by atoms with van der Waals surface area (Å²) < 4.78 is 0. The van der Waals surface area contributed by atoms with Crippen LogP contribution in [0.15, 0.2) is 77.7 Å². The number of unbranched alkanes of at least 4 members (excludes halogenated alkanes) is 1. The van der Waals surface area contributed by atoms with E-state index in [1.54, 1.807) is 0 Å². The summed E-state index contributed by atoms with van der Waals surface area (Å²) in [5.41, 5.74) is 4.75. The quantitative estimate of drug-likeness (QED) is 0.316. The third-order valence-electron chi connectivity index (χ3n) is 5.46. The fraction of sp³-hybridized carbons (Fsp3) is 0.286. The number of amides is 2. The van der Waals surface area contributed by atoms with Crippen LogP contribution >= 0.6 is 11.8 Å². The van der Waals surface area contributed by atoms with Gasteiger partial charge in [-0.1, -0.05) is 74.9 Å². The molecule has 4 nitrogen and oxygen atoms in total. The van der Waals surface area contributed by atoms with Crippen LogP contribution in [0.25, 0.3) is 0 Å². The number of nitrogens with one attached hydrogen (secondary N) is 2. The first-order valence-corrected chi connectivity index (χ1v) is 12.4. The molecule has 0 aromatic heterocycles. The van der Waals surface area contributed by atoms with Gasteiger partial charge in [0.2, 0.25) is 11.8 Å². The van der Waals surface area contributed by atoms with Crippen molar-refractivity contribution < 1.29 is 9.59 Å². The Morgan fingerprint density at radius 3 is 2.39 bits per heavy atom. The van der Waals surface area contributed by atoms with Crippen LogP contribution < -0.4 is 10.6 Å². The average molecular weight is 461 g/mol. The molecule has 33 heavy (non-hydrogen) atoms. The predicted molar refractivity (Wildman–Crippen MR) is 139 cm³/mol. The molecule has 0 aliphatic carbocycles. The minimum absolute atomic E-state index is 0.0167. The second kappa shape index (κ2) is 12.3. The number of aryl methyl sites for hydroxylation is 2. The molecular formula is C28H32N2O2S. The Morgan fingerprint density at radius 2 is 1.67 bits per heavy atom. The van der Waals surface area contributed by atoms with Gasteiger partial charge in [0.25, 0.3) is 0 Å². The van der Waals surface area contributed by atoms with E-state index >= 15 is 0 Å². The summed E-state index contributed by atoms with van der Waals surface area (Å²) in [5, 5.41) is 5.73. The second-order valence-electron chi connectivity index (χ2n) is 8.04. The Hall–Kier alpha value is -3.05. The van der Waals surface area contributed by atoms with Crippen LogP contribution in [0.5, 0.6) is 0 Å². The molecule has 3 aromatic carbocycles. The second-order valence-corrected chi connectivity index (χ2v) is 9.22. The first kappa shape index (κ1) is 24.6. The minimum atomic E-state index is -0.429. The van der Waals surface area contributed by atoms with E-state index in [0.29, 0.717) is 6.42 Å². The first-order chi connectivity index (χ1) is 16.0. The standard InChI is InChI=1S/C28H32N2O2S/c1-4-6-18-25(31)29-23-16-11-17-24(19-23)33-27(22-13-8-7-9-14-22)28(32)30-26-20(3)12-10-15-21(26)5-2/h7-17,19,27H,4-6,18H2,1-3H3,(H,29,31)(H,30,32). The number of rotatable bonds is 10. The van der Waals surface area contributed by atoms with Gasteiger partial charge in [0.15, 0.2) is 0 Å². The molecule has 0 spiro atoms. The van der Waals surface area contributed by atoms with Crippen molar-refractivity contribution >= 4 is 35.0 Å². The number of carbonyl (C=O) groups excluding carboxylic acids is 2. The highest BCUT2D eigenvalue weighted by molar-refractivity contribution is 8.00. The number of benzene rings is 3. The van der Waals surface area contributed by atoms with Crippen molar-refractivity contribution in [3.63, 3.8) is 0 Å². The molecule has 3 rings (SSSR count). The van der Waals surface area contributed by atoms with E-state index in [2.05, 4.69) is 30.5 Å². The Balaban J connectivity index is 1.84. The third-order valence-corrected chi connectivity index (χ3v) is 6.71. The summed E-state index contributed by atoms with van der Waals surface area (Å²) in [7, 11) is 0. The van der Waals surface area contributed by atoms with Crippen LogP contribution in [-0.2, 0) is 16.0 Å². The fourth-order valence-corrected chi connectivity index (χ4v) is 4.72. The van der Waals surface area contributed by atoms with Crippen LogP contribution in [-0.4, -0.2) is 11.8 Å². The molecule has 0 fully saturated rings. The van der Waals surface area contributed by atoms with E-state index in [1.165, 1.54) is 11.8 Å². The summed E-state index contributed by atoms with van der Waals surface area (Å²) in [6, 6.07) is 23.6. The molecule has 0 radical (unpaired) electrons. The monoisotopic (exact) mass is 460 g/mol. The topological polar surface area (TPSA) is 58.2 Å². The van der Waals surface area contributed by atoms with Gasteiger partial charge in [0.1, 0.15) is 5.25 Å². The van der Waals surface area contributed by atoms with Gasteiger partial charge in [-0.2, -0.15) is 0 Å². The van der Waals surface area contributed by atoms with Crippen molar-refractivity contribution in [3.8, 4) is 0 Å². The number of carbonyl (C=O) groups is 2. The van der Waals surface area contributed by atoms with E-state index in [1.807, 2.05) is 73.7 Å². The molecule has 0 saturated carbocycles. The highest BCUT2D eigenvalue weighted by Gasteiger charge is 2.23. The van der Waals surface area contributed by atoms with E-state index in [0.717, 1.165) is 52.2 Å². The molecule has 1 atom stereocenters. The fourth-order valence-electron chi connectivity index (χ4n) is 3.64. The predicted octanol–water partition coefficient (Wildman–Crippen LogP) is 7.16. The van der Waals surface area contributed by atoms with Crippen molar-refractivity contribution in [2.75, 3.05) is 10.6 Å². The molecule has 2 N–H and O–H groups in total. The van der Waals surface area contributed by atoms with Gasteiger partial charge in [-0.05, 0) is 54.7 Å². The van der Waals surface area contributed by atoms with Crippen LogP contribution in [0, 0.1) is 6.92 Å². The van der Waals surface area contributed by atoms with Gasteiger partial charge < -0.3 is 10.6 Å². The van der Waals surface area contributed by atoms with E-state index in [9.17, 15) is 9.59 Å². The van der Waals surface area contributed by atoms with Gasteiger partial charge in [-0.3, -0.25) is 9.59 Å². The van der Waals surface area contributed by atoms with Crippen LogP contribution in [0.4, 0.5) is 11.4 Å². The lowest BCUT2D eigenvalue weighted by molar-refractivity contribution is -0.116. The molecular weight excluding hydrogens is 428 g/mol. The molecule has 2 amide bonds. The van der Waals surface area contributed by atoms with Gasteiger partial charge >= 0.3 is 0 Å². The van der Waals surface area contributed by atoms with Gasteiger partial charge in [0, 0.05) is 22.7 Å². The lowest BCUT2D eigenvalue weighted by atomic mass is 10.1. The van der Waals surface area contributed by atoms with Gasteiger partial charge in [0.05, 0.1) is 0 Å². The first-order valence-electron chi connectivity index (χ1n) is 11.5. The van der Waals surface area contributed by atoms with Crippen molar-refractivity contribution in [3.05, 3.63) is 89.5 Å². The van der Waals surface area contributed by atoms with Gasteiger partial charge in [-0.15, -0.1) is 11.8 Å². The zero-order valence-corrected chi connectivity index (χ0v) is 20.4. The summed E-state index contributed by atoms with van der Waals surface area (Å²) in [6.45, 7) is 6.18. The lowest BCUT2D eigenvalue weighted by Crippen LogP contribution is -2.20. The number of hydrogen-bond donors (Lipinski definition) is 2. The Morgan fingerprint density at radius 1 is 0.909 bits per heavy atom. The summed E-state index contributed by atoms with van der Waals surface area (Å²) >= 11 is 1.48. The number of para-hydroxylation sites is 1. The number of hydrogen-bond acceptors (Lipinski definition) is 3. The van der Waals surface area contributed by atoms with Crippen molar-refractivity contribution in [2.45, 2.75) is 56.6 Å². The smallest absolute Gasteiger partial charge is 0.242 e. The molecule has 172 valence electrons. The maximum Gasteiger partial charge on any atom is 0.242 e. The SMILES string of the molecule is CCCCC(=O)Nc1cccc(SC(C(=O)Nc2c(C)cccc2CC)c2ccccc2)c1. The third kappa shape index (κ3) is 6.96. The highest BCUT2D eigenvalue weighted by atomic mass is 32.2. The van der Waals surface area contributed by atoms with Crippen molar-refractivity contribution in [1.29, 1.82) is 0 Å². The Kier molecular flexibility index (Phi) is 9.14. The zero-order chi connectivity index (χ0) is 23.6. The highest BCUT2D eigenvalue weighted by Crippen LogP contribution is 2.37. The number of anilines is 2. The largest absolute Gasteiger partial charge is 0.326 e. The summed E-state index contributed by atoms with van der Waals surface area (Å²) in [6.07, 6.45) is 3.21. The van der Waals surface area contributed by atoms with Crippen molar-refractivity contribution in [2.24, 2.45) is 0 Å². The average Bonchev–Trinajstić information content (AvgIpc) is 2.83. The molecule has 0 bridgehead atoms. The van der Waals surface area contributed by atoms with E-state index in [-0.39, 0.29) is 11.8 Å². The van der Waals surface area contributed by atoms with E-state index < -0.39 is 5.25 Å². The van der Waals surface area contributed by atoms with Crippen molar-refractivity contribution in [1.82, 2.24) is 0 Å². The normalized spacial score (nSPS) is 11.6. The Bertz CT molecular complexity index is 1080. The molecule has 5 heteroatoms. The molecule has 3 aromatic rings. The Labute approximate surface area is 201 Å². The maximum atomic E-state index is 13.5. The minimum Gasteiger partial charge on any atom is -0.326 e. The van der Waals surface area contributed by atoms with Crippen LogP contribution in [0.3, 0.4) is 0 Å². The summed E-state index contributed by atoms with van der Waals surface area (Å²) in [4.78, 5) is 26.6. The molecule has 0 heterocycles. The lowest BCUT2D eigenvalue weighted by Gasteiger charge is -2.20. The number of thioether (sulfide) groups is 1. The molecule has 0 saturated heterocycles. The van der Waals surface area contributed by atoms with Crippen LogP contribution in [0.2, 0.25) is 0 Å². The van der Waals surface area contributed by atoms with Gasteiger partial charge in [-0.25, -0.2) is 0 Å². The molecule has 0 aliphatic heterocycles. The maximum absolute atomic E-state index is 13.5. The van der Waals surface area contributed by atoms with Crippen LogP contribution in [0.1, 0.15) is 55.1 Å². The van der Waals surface area contributed by atoms with E-state index in [4.69, 9.17) is 0 Å².